The van der Waals surface area contributed by atoms with E-state index in [-0.39, 0.29) is 55.9 Å². The van der Waals surface area contributed by atoms with Gasteiger partial charge in [-0.3, -0.25) is 47.9 Å². The average molecular weight is 1270 g/mol. The van der Waals surface area contributed by atoms with Gasteiger partial charge in [0.1, 0.15) is 65.9 Å². The first-order valence-electron chi connectivity index (χ1n) is 29.1. The number of aromatic hydroxyl groups is 2. The predicted octanol–water partition coefficient (Wildman–Crippen LogP) is 1.65. The minimum Gasteiger partial charge on any atom is -0.508 e. The van der Waals surface area contributed by atoms with Gasteiger partial charge >= 0.3 is 11.9 Å². The fourth-order valence-corrected chi connectivity index (χ4v) is 9.91. The van der Waals surface area contributed by atoms with Crippen molar-refractivity contribution < 1.29 is 73.2 Å². The average Bonchev–Trinajstić information content (AvgIpc) is 3.57. The number of phenols is 2. The van der Waals surface area contributed by atoms with E-state index in [1.54, 1.807) is 84.4 Å². The number of aliphatic carboxylic acids is 2. The lowest BCUT2D eigenvalue weighted by Crippen LogP contribution is -2.61. The lowest BCUT2D eigenvalue weighted by Gasteiger charge is -2.29. The zero-order chi connectivity index (χ0) is 65.8. The van der Waals surface area contributed by atoms with Gasteiger partial charge in [-0.2, -0.15) is 23.5 Å². The Hall–Kier alpha value is -7.91. The maximum absolute atomic E-state index is 14.5. The SMILES string of the molecule is CC[C@H](C)[C@H](NC(=O)[C@@H](N)Cc1ccccc1)C(=O)N[C@@H](CC(=O)O)C(=O)N[C@@H](CC(C)C)C(=O)N[C@@H](C)C(=O)N[C@@H](Cc1ccc(O)cc1)C(=O)N[C@@H](CCSC)C(=O)N[C@H](C(=O)N[C@@H](Cc1ccc(O)cc1)C(=O)N[C@@H](CCSC)C(=O)O)C(C)C. The monoisotopic (exact) mass is 1260 g/mol. The highest BCUT2D eigenvalue weighted by Crippen LogP contribution is 2.17. The highest BCUT2D eigenvalue weighted by atomic mass is 32.2. The molecule has 27 heteroatoms. The van der Waals surface area contributed by atoms with Crippen molar-refractivity contribution in [2.45, 2.75) is 160 Å². The molecule has 0 bridgehead atoms. The molecule has 0 aliphatic heterocycles. The number of thioether (sulfide) groups is 2. The summed E-state index contributed by atoms with van der Waals surface area (Å²) >= 11 is 2.73. The summed E-state index contributed by atoms with van der Waals surface area (Å²) in [5.74, 6) is -11.2. The molecule has 3 rings (SSSR count). The van der Waals surface area contributed by atoms with Gasteiger partial charge in [0.2, 0.25) is 53.2 Å². The van der Waals surface area contributed by atoms with Crippen LogP contribution >= 0.6 is 23.5 Å². The van der Waals surface area contributed by atoms with Crippen LogP contribution in [0.3, 0.4) is 0 Å². The van der Waals surface area contributed by atoms with Crippen LogP contribution in [-0.4, -0.2) is 170 Å². The number of carboxylic acid groups (broad SMARTS) is 2. The van der Waals surface area contributed by atoms with Crippen LogP contribution in [0.25, 0.3) is 0 Å². The van der Waals surface area contributed by atoms with Crippen LogP contribution in [-0.2, 0) is 72.0 Å². The molecule has 0 unspecified atom stereocenters. The van der Waals surface area contributed by atoms with Crippen molar-refractivity contribution in [2.75, 3.05) is 24.0 Å². The number of phenolic OH excluding ortho intramolecular Hbond substituents is 2. The number of carboxylic acids is 2. The minimum absolute atomic E-state index is 0.0227. The van der Waals surface area contributed by atoms with Crippen molar-refractivity contribution in [1.29, 1.82) is 0 Å². The van der Waals surface area contributed by atoms with Crippen molar-refractivity contribution in [1.82, 2.24) is 47.9 Å². The number of hydrogen-bond donors (Lipinski definition) is 14. The third kappa shape index (κ3) is 25.8. The van der Waals surface area contributed by atoms with Gasteiger partial charge < -0.3 is 74.0 Å². The molecule has 0 saturated carbocycles. The second kappa shape index (κ2) is 37.7. The Morgan fingerprint density at radius 3 is 1.34 bits per heavy atom. The van der Waals surface area contributed by atoms with Crippen LogP contribution in [0.5, 0.6) is 11.5 Å². The van der Waals surface area contributed by atoms with E-state index in [1.807, 2.05) is 0 Å². The van der Waals surface area contributed by atoms with Crippen LogP contribution in [0.1, 0.15) is 97.3 Å². The third-order valence-electron chi connectivity index (χ3n) is 14.3. The summed E-state index contributed by atoms with van der Waals surface area (Å²) in [7, 11) is 0. The topological polar surface area (TPSA) is 403 Å². The molecule has 0 spiro atoms. The van der Waals surface area contributed by atoms with Gasteiger partial charge in [0.25, 0.3) is 0 Å². The van der Waals surface area contributed by atoms with Gasteiger partial charge in [-0.05, 0) is 115 Å². The Morgan fingerprint density at radius 2 is 0.864 bits per heavy atom. The highest BCUT2D eigenvalue weighted by Gasteiger charge is 2.37. The Balaban J connectivity index is 1.86. The first kappa shape index (κ1) is 74.3. The Labute approximate surface area is 522 Å². The molecular formula is C61H88N10O15S2. The molecule has 9 amide bonds. The number of carbonyl (C=O) groups is 11. The minimum atomic E-state index is -1.74. The third-order valence-corrected chi connectivity index (χ3v) is 15.6. The molecule has 25 nitrogen and oxygen atoms in total. The highest BCUT2D eigenvalue weighted by molar-refractivity contribution is 7.98. The molecule has 484 valence electrons. The van der Waals surface area contributed by atoms with E-state index < -0.39 is 144 Å². The van der Waals surface area contributed by atoms with Crippen LogP contribution in [0, 0.1) is 17.8 Å². The molecule has 0 saturated heterocycles. The first-order valence-corrected chi connectivity index (χ1v) is 31.9. The number of nitrogens with one attached hydrogen (secondary N) is 9. The number of amides is 9. The van der Waals surface area contributed by atoms with Gasteiger partial charge in [0.05, 0.1) is 12.5 Å². The zero-order valence-electron chi connectivity index (χ0n) is 51.3. The van der Waals surface area contributed by atoms with Crippen LogP contribution in [0.15, 0.2) is 78.9 Å². The maximum atomic E-state index is 14.5. The molecule has 11 atom stereocenters. The van der Waals surface area contributed by atoms with E-state index in [4.69, 9.17) is 5.73 Å². The number of hydrogen-bond acceptors (Lipinski definition) is 16. The molecule has 15 N–H and O–H groups in total. The Kier molecular flexibility index (Phi) is 31.9. The Bertz CT molecular complexity index is 2810. The summed E-state index contributed by atoms with van der Waals surface area (Å²) in [6, 6.07) is 6.92. The Morgan fingerprint density at radius 1 is 0.455 bits per heavy atom. The first-order chi connectivity index (χ1) is 41.6. The van der Waals surface area contributed by atoms with E-state index in [0.29, 0.717) is 29.1 Å². The van der Waals surface area contributed by atoms with Crippen molar-refractivity contribution in [3.8, 4) is 11.5 Å². The van der Waals surface area contributed by atoms with E-state index >= 15 is 0 Å². The molecule has 3 aromatic carbocycles. The van der Waals surface area contributed by atoms with E-state index in [2.05, 4.69) is 47.9 Å². The second-order valence-electron chi connectivity index (χ2n) is 22.4. The molecule has 0 aromatic heterocycles. The molecule has 0 fully saturated rings. The van der Waals surface area contributed by atoms with E-state index in [0.717, 1.165) is 5.56 Å². The number of nitrogens with two attached hydrogens (primary N) is 1. The quantitative estimate of drug-likeness (QED) is 0.0388. The number of rotatable bonds is 38. The predicted molar refractivity (Wildman–Crippen MR) is 334 cm³/mol. The van der Waals surface area contributed by atoms with Crippen molar-refractivity contribution in [3.63, 3.8) is 0 Å². The molecule has 88 heavy (non-hydrogen) atoms. The molecule has 0 heterocycles. The van der Waals surface area contributed by atoms with Gasteiger partial charge in [-0.25, -0.2) is 4.79 Å². The zero-order valence-corrected chi connectivity index (χ0v) is 52.9. The summed E-state index contributed by atoms with van der Waals surface area (Å²) in [4.78, 5) is 150. The summed E-state index contributed by atoms with van der Waals surface area (Å²) in [5.41, 5.74) is 7.94. The molecular weight excluding hydrogens is 1180 g/mol. The van der Waals surface area contributed by atoms with Gasteiger partial charge in [-0.15, -0.1) is 0 Å². The summed E-state index contributed by atoms with van der Waals surface area (Å²) < 4.78 is 0. The fraction of sp³-hybridized carbons (Fsp3) is 0.525. The standard InChI is InChI=1S/C61H88N10O15S2/c1-10-35(6)51(71-53(77)42(62)29-37-14-12-11-13-15-37)60(84)69-48(32-49(74)75)58(82)67-45(28-33(2)3)55(79)63-36(7)52(76)66-46(30-38-16-20-40(72)21-17-38)56(80)64-43(24-26-87-8)54(78)70-50(34(4)5)59(83)68-47(31-39-18-22-41(73)23-19-39)57(81)65-44(61(85)86)25-27-88-9/h11-23,33-36,42-48,50-51,72-73H,10,24-32,62H2,1-9H3,(H,63,79)(H,64,80)(H,65,81)(H,66,76)(H,67,82)(H,68,83)(H,69,84)(H,70,78)(H,71,77)(H,74,75)(H,85,86)/t35-,36-,42-,43-,44-,45-,46-,47-,48-,50-,51-/m0/s1. The lowest BCUT2D eigenvalue weighted by atomic mass is 9.96. The van der Waals surface area contributed by atoms with E-state index in [9.17, 15) is 73.2 Å². The van der Waals surface area contributed by atoms with Crippen molar-refractivity contribution in [3.05, 3.63) is 95.6 Å². The van der Waals surface area contributed by atoms with Crippen molar-refractivity contribution in [2.24, 2.45) is 23.5 Å². The smallest absolute Gasteiger partial charge is 0.326 e. The number of carbonyl (C=O) groups excluding carboxylic acids is 9. The molecule has 0 aliphatic rings. The van der Waals surface area contributed by atoms with Gasteiger partial charge in [-0.1, -0.05) is 103 Å². The number of benzene rings is 3. The van der Waals surface area contributed by atoms with Gasteiger partial charge in [0.15, 0.2) is 0 Å². The molecule has 0 radical (unpaired) electrons. The van der Waals surface area contributed by atoms with Gasteiger partial charge in [0, 0.05) is 12.8 Å². The summed E-state index contributed by atoms with van der Waals surface area (Å²) in [5, 5.41) is 63.0. The maximum Gasteiger partial charge on any atom is 0.326 e. The largest absolute Gasteiger partial charge is 0.508 e. The van der Waals surface area contributed by atoms with Crippen LogP contribution in [0.2, 0.25) is 0 Å². The van der Waals surface area contributed by atoms with Crippen molar-refractivity contribution >= 4 is 88.6 Å². The molecule has 3 aromatic rings. The van der Waals surface area contributed by atoms with E-state index in [1.165, 1.54) is 79.0 Å². The summed E-state index contributed by atoms with van der Waals surface area (Å²) in [6.45, 7) is 11.5. The second-order valence-corrected chi connectivity index (χ2v) is 24.3. The molecule has 0 aliphatic carbocycles. The fourth-order valence-electron chi connectivity index (χ4n) is 8.97. The normalized spacial score (nSPS) is 15.0. The summed E-state index contributed by atoms with van der Waals surface area (Å²) in [6.07, 6.45) is 2.92. The van der Waals surface area contributed by atoms with Crippen LogP contribution < -0.4 is 53.6 Å². The lowest BCUT2D eigenvalue weighted by molar-refractivity contribution is -0.142. The van der Waals surface area contributed by atoms with Crippen LogP contribution in [0.4, 0.5) is 0 Å².